The second-order valence-corrected chi connectivity index (χ2v) is 16.5. The molecule has 1 amide bonds. The van der Waals surface area contributed by atoms with E-state index in [-0.39, 0.29) is 23.9 Å². The van der Waals surface area contributed by atoms with E-state index in [1.165, 1.54) is 35.8 Å². The van der Waals surface area contributed by atoms with Crippen LogP contribution in [0.3, 0.4) is 0 Å². The van der Waals surface area contributed by atoms with Crippen molar-refractivity contribution in [2.45, 2.75) is 128 Å². The highest BCUT2D eigenvalue weighted by molar-refractivity contribution is 5.86. The van der Waals surface area contributed by atoms with Gasteiger partial charge in [0.2, 0.25) is 11.9 Å². The lowest BCUT2D eigenvalue weighted by Crippen LogP contribution is -2.57. The van der Waals surface area contributed by atoms with Gasteiger partial charge in [-0.15, -0.1) is 0 Å². The van der Waals surface area contributed by atoms with Gasteiger partial charge < -0.3 is 40.0 Å². The van der Waals surface area contributed by atoms with Crippen LogP contribution in [0.2, 0.25) is 0 Å². The van der Waals surface area contributed by atoms with Crippen molar-refractivity contribution in [3.63, 3.8) is 0 Å². The molecule has 0 bridgehead atoms. The Morgan fingerprint density at radius 2 is 1.39 bits per heavy atom. The SMILES string of the molecule is CC(=O)Nc1nccc(COc2ccc(C(C)(C)c3ccc(OCCCCCCCCOCCCCNc4ccc5c(c4)C(O)N(C4CCC(O)NC4O)C5O)cc3)cc2)n1. The third-order valence-corrected chi connectivity index (χ3v) is 11.6. The number of aromatic nitrogens is 2. The average Bonchev–Trinajstić information content (AvgIpc) is 3.49. The number of aliphatic hydroxyl groups is 4. The Bertz CT molecular complexity index is 1970. The van der Waals surface area contributed by atoms with Gasteiger partial charge in [-0.3, -0.25) is 15.4 Å². The van der Waals surface area contributed by atoms with Gasteiger partial charge in [-0.25, -0.2) is 14.9 Å². The van der Waals surface area contributed by atoms with Crippen molar-refractivity contribution in [3.05, 3.63) is 107 Å². The molecule has 1 fully saturated rings. The zero-order valence-corrected chi connectivity index (χ0v) is 35.8. The zero-order chi connectivity index (χ0) is 43.2. The number of carbonyl (C=O) groups is 1. The molecule has 61 heavy (non-hydrogen) atoms. The predicted molar refractivity (Wildman–Crippen MR) is 234 cm³/mol. The molecule has 2 aliphatic heterocycles. The van der Waals surface area contributed by atoms with Crippen molar-refractivity contribution >= 4 is 17.5 Å². The van der Waals surface area contributed by atoms with Crippen LogP contribution in [0.5, 0.6) is 11.5 Å². The van der Waals surface area contributed by atoms with Crippen LogP contribution in [0.15, 0.2) is 79.0 Å². The Hall–Kier alpha value is -4.67. The Kier molecular flexibility index (Phi) is 16.9. The van der Waals surface area contributed by atoms with Crippen molar-refractivity contribution in [2.24, 2.45) is 0 Å². The van der Waals surface area contributed by atoms with Crippen molar-refractivity contribution in [3.8, 4) is 11.5 Å². The molecule has 0 radical (unpaired) electrons. The normalized spacial score (nSPS) is 20.3. The number of unbranched alkanes of at least 4 members (excludes halogenated alkanes) is 6. The molecule has 5 atom stereocenters. The van der Waals surface area contributed by atoms with Gasteiger partial charge in [-0.2, -0.15) is 0 Å². The molecule has 14 heteroatoms. The van der Waals surface area contributed by atoms with E-state index in [9.17, 15) is 25.2 Å². The Morgan fingerprint density at radius 3 is 2.07 bits per heavy atom. The van der Waals surface area contributed by atoms with Crippen molar-refractivity contribution in [1.82, 2.24) is 20.2 Å². The van der Waals surface area contributed by atoms with Gasteiger partial charge in [0, 0.05) is 55.1 Å². The number of anilines is 2. The maximum Gasteiger partial charge on any atom is 0.229 e. The molecule has 2 aliphatic rings. The van der Waals surface area contributed by atoms with Gasteiger partial charge in [-0.05, 0) is 92.1 Å². The summed E-state index contributed by atoms with van der Waals surface area (Å²) in [6.07, 6.45) is 7.25. The first-order chi connectivity index (χ1) is 29.5. The summed E-state index contributed by atoms with van der Waals surface area (Å²) in [6.45, 7) is 9.09. The second-order valence-electron chi connectivity index (χ2n) is 16.5. The number of hydrogen-bond donors (Lipinski definition) is 7. The average molecular weight is 841 g/mol. The molecule has 1 saturated heterocycles. The fourth-order valence-corrected chi connectivity index (χ4v) is 7.97. The molecular weight excluding hydrogens is 777 g/mol. The molecule has 3 aromatic carbocycles. The Labute approximate surface area is 359 Å². The van der Waals surface area contributed by atoms with Crippen LogP contribution in [0.1, 0.15) is 125 Å². The number of amides is 1. The second kappa shape index (κ2) is 22.4. The first-order valence-electron chi connectivity index (χ1n) is 21.8. The standard InChI is InChI=1S/C47H64N6O8/c1-32(54)50-46-49-26-24-36(51-46)31-61-38-19-14-34(15-20-38)47(2,3)33-12-17-37(18-13-33)60-29-10-7-5-4-6-9-27-59-28-11-8-25-48-35-16-21-39-40(30-35)45(58)53(44(39)57)41-22-23-42(55)52-43(41)56/h12-21,24,26,30,41-45,48,52,55-58H,4-11,22-23,25,27-29,31H2,1-3H3,(H,49,50,51,54). The lowest BCUT2D eigenvalue weighted by atomic mass is 9.78. The van der Waals surface area contributed by atoms with Crippen LogP contribution in [-0.4, -0.2) is 86.1 Å². The van der Waals surface area contributed by atoms with Gasteiger partial charge in [0.05, 0.1) is 18.3 Å². The molecule has 7 N–H and O–H groups in total. The summed E-state index contributed by atoms with van der Waals surface area (Å²) in [5.41, 5.74) is 4.96. The van der Waals surface area contributed by atoms with E-state index in [2.05, 4.69) is 76.2 Å². The number of rotatable bonds is 23. The summed E-state index contributed by atoms with van der Waals surface area (Å²) < 4.78 is 17.9. The highest BCUT2D eigenvalue weighted by Gasteiger charge is 2.44. The minimum absolute atomic E-state index is 0.207. The lowest BCUT2D eigenvalue weighted by molar-refractivity contribution is -0.159. The van der Waals surface area contributed by atoms with Gasteiger partial charge in [-0.1, -0.05) is 69.9 Å². The smallest absolute Gasteiger partial charge is 0.229 e. The maximum absolute atomic E-state index is 11.3. The minimum Gasteiger partial charge on any atom is -0.494 e. The number of benzene rings is 3. The molecule has 6 rings (SSSR count). The molecule has 1 aromatic heterocycles. The van der Waals surface area contributed by atoms with E-state index in [1.54, 1.807) is 12.3 Å². The highest BCUT2D eigenvalue weighted by atomic mass is 16.5. The predicted octanol–water partition coefficient (Wildman–Crippen LogP) is 6.65. The van der Waals surface area contributed by atoms with Gasteiger partial charge in [0.15, 0.2) is 0 Å². The van der Waals surface area contributed by atoms with Gasteiger partial charge in [0.25, 0.3) is 0 Å². The van der Waals surface area contributed by atoms with Crippen molar-refractivity contribution in [1.29, 1.82) is 0 Å². The van der Waals surface area contributed by atoms with E-state index < -0.39 is 31.0 Å². The number of piperidine rings is 1. The molecule has 14 nitrogen and oxygen atoms in total. The summed E-state index contributed by atoms with van der Waals surface area (Å²) in [5, 5.41) is 50.8. The fourth-order valence-electron chi connectivity index (χ4n) is 7.97. The molecule has 4 aromatic rings. The zero-order valence-electron chi connectivity index (χ0n) is 35.8. The molecule has 5 unspecified atom stereocenters. The summed E-state index contributed by atoms with van der Waals surface area (Å²) in [7, 11) is 0. The first kappa shape index (κ1) is 45.8. The highest BCUT2D eigenvalue weighted by Crippen LogP contribution is 2.43. The Balaban J connectivity index is 0.769. The number of aliphatic hydroxyl groups excluding tert-OH is 4. The van der Waals surface area contributed by atoms with Crippen LogP contribution in [-0.2, 0) is 21.6 Å². The van der Waals surface area contributed by atoms with Gasteiger partial charge in [0.1, 0.15) is 43.0 Å². The molecule has 0 aliphatic carbocycles. The lowest BCUT2D eigenvalue weighted by Gasteiger charge is -2.40. The van der Waals surface area contributed by atoms with Crippen LogP contribution in [0.4, 0.5) is 11.6 Å². The maximum atomic E-state index is 11.3. The number of nitrogens with one attached hydrogen (secondary N) is 3. The largest absolute Gasteiger partial charge is 0.494 e. The number of nitrogens with zero attached hydrogens (tertiary/aromatic N) is 3. The summed E-state index contributed by atoms with van der Waals surface area (Å²) >= 11 is 0. The van der Waals surface area contributed by atoms with Crippen LogP contribution >= 0.6 is 0 Å². The van der Waals surface area contributed by atoms with E-state index in [0.717, 1.165) is 75.5 Å². The van der Waals surface area contributed by atoms with E-state index >= 15 is 0 Å². The third kappa shape index (κ3) is 12.9. The number of fused-ring (bicyclic) bond motifs is 1. The molecule has 0 saturated carbocycles. The third-order valence-electron chi connectivity index (χ3n) is 11.6. The van der Waals surface area contributed by atoms with E-state index in [0.29, 0.717) is 36.3 Å². The monoisotopic (exact) mass is 840 g/mol. The number of carbonyl (C=O) groups excluding carboxylic acids is 1. The van der Waals surface area contributed by atoms with Crippen molar-refractivity contribution < 1.29 is 39.4 Å². The summed E-state index contributed by atoms with van der Waals surface area (Å²) in [4.78, 5) is 21.2. The van der Waals surface area contributed by atoms with Crippen LogP contribution in [0, 0.1) is 0 Å². The quantitative estimate of drug-likeness (QED) is 0.0393. The summed E-state index contributed by atoms with van der Waals surface area (Å²) in [5.74, 6) is 1.66. The number of hydrogen-bond acceptors (Lipinski definition) is 13. The topological polar surface area (TPSA) is 191 Å². The molecule has 0 spiro atoms. The van der Waals surface area contributed by atoms with Crippen LogP contribution < -0.4 is 25.4 Å². The molecule has 3 heterocycles. The summed E-state index contributed by atoms with van der Waals surface area (Å²) in [6, 6.07) is 23.3. The van der Waals surface area contributed by atoms with Crippen molar-refractivity contribution in [2.75, 3.05) is 37.0 Å². The fraction of sp³-hybridized carbons (Fsp3) is 0.511. The van der Waals surface area contributed by atoms with E-state index in [4.69, 9.17) is 14.2 Å². The van der Waals surface area contributed by atoms with E-state index in [1.807, 2.05) is 30.3 Å². The molecular formula is C47H64N6O8. The Morgan fingerprint density at radius 1 is 0.770 bits per heavy atom. The minimum atomic E-state index is -1.05. The van der Waals surface area contributed by atoms with Gasteiger partial charge >= 0.3 is 0 Å². The molecule has 330 valence electrons. The first-order valence-corrected chi connectivity index (χ1v) is 21.8. The number of ether oxygens (including phenoxy) is 3. The van der Waals surface area contributed by atoms with Crippen LogP contribution in [0.25, 0.3) is 0 Å².